The third-order valence-electron chi connectivity index (χ3n) is 6.35. The van der Waals surface area contributed by atoms with Crippen LogP contribution in [0.25, 0.3) is 0 Å². The number of carbonyl (C=O) groups excluding carboxylic acids is 2. The van der Waals surface area contributed by atoms with E-state index in [1.165, 1.54) is 19.1 Å². The molecule has 1 fully saturated rings. The molecule has 0 radical (unpaired) electrons. The first-order valence-corrected chi connectivity index (χ1v) is 12.2. The van der Waals surface area contributed by atoms with Crippen molar-refractivity contribution in [3.63, 3.8) is 0 Å². The van der Waals surface area contributed by atoms with E-state index >= 15 is 4.39 Å². The van der Waals surface area contributed by atoms with Crippen molar-refractivity contribution in [2.24, 2.45) is 16.6 Å². The van der Waals surface area contributed by atoms with Crippen LogP contribution in [0, 0.1) is 11.7 Å². The van der Waals surface area contributed by atoms with Crippen molar-refractivity contribution in [2.45, 2.75) is 49.2 Å². The molecule has 210 valence electrons. The molecule has 2 aliphatic rings. The van der Waals surface area contributed by atoms with Crippen LogP contribution in [-0.4, -0.2) is 56.9 Å². The van der Waals surface area contributed by atoms with E-state index in [4.69, 9.17) is 5.73 Å². The van der Waals surface area contributed by atoms with Crippen molar-refractivity contribution >= 4 is 34.4 Å². The number of aromatic nitrogens is 2. The lowest BCUT2D eigenvalue weighted by Crippen LogP contribution is -2.48. The number of halogens is 6. The second-order valence-electron chi connectivity index (χ2n) is 9.23. The molecular formula is C23H22F6N6O3S. The number of hydrogen-bond acceptors (Lipinski definition) is 8. The second kappa shape index (κ2) is 10.2. The van der Waals surface area contributed by atoms with Crippen LogP contribution in [0.4, 0.5) is 32.0 Å². The average molecular weight is 577 g/mol. The van der Waals surface area contributed by atoms with Gasteiger partial charge in [-0.2, -0.15) is 13.2 Å². The Balaban J connectivity index is 1.53. The van der Waals surface area contributed by atoms with Gasteiger partial charge in [-0.3, -0.25) is 14.6 Å². The molecule has 1 aliphatic carbocycles. The number of hydrogen-bond donors (Lipinski definition) is 3. The summed E-state index contributed by atoms with van der Waals surface area (Å²) in [5, 5.41) is 4.75. The number of alkyl halides is 5. The fraction of sp³-hybridized carbons (Fsp3) is 0.435. The predicted molar refractivity (Wildman–Crippen MR) is 129 cm³/mol. The van der Waals surface area contributed by atoms with E-state index < -0.39 is 65.0 Å². The van der Waals surface area contributed by atoms with Gasteiger partial charge in [0.2, 0.25) is 11.8 Å². The number of amidine groups is 1. The van der Waals surface area contributed by atoms with Gasteiger partial charge in [0.05, 0.1) is 24.0 Å². The van der Waals surface area contributed by atoms with Crippen LogP contribution in [0.1, 0.15) is 36.3 Å². The van der Waals surface area contributed by atoms with Crippen LogP contribution < -0.4 is 21.1 Å². The number of nitrogens with zero attached hydrogens (tertiary/aromatic N) is 3. The van der Waals surface area contributed by atoms with Crippen molar-refractivity contribution in [3.8, 4) is 5.88 Å². The number of amides is 2. The maximum atomic E-state index is 15.1. The number of aliphatic imine (C=N–C) groups is 1. The van der Waals surface area contributed by atoms with Gasteiger partial charge in [-0.1, -0.05) is 11.8 Å². The summed E-state index contributed by atoms with van der Waals surface area (Å²) in [7, 11) is 0. The van der Waals surface area contributed by atoms with Crippen molar-refractivity contribution in [2.75, 3.05) is 11.9 Å². The van der Waals surface area contributed by atoms with Gasteiger partial charge in [0.1, 0.15) is 16.3 Å². The molecule has 0 bridgehead atoms. The number of nitrogens with two attached hydrogens (primary N) is 1. The molecule has 0 spiro atoms. The highest BCUT2D eigenvalue weighted by molar-refractivity contribution is 8.15. The Morgan fingerprint density at radius 1 is 1.26 bits per heavy atom. The van der Waals surface area contributed by atoms with Crippen molar-refractivity contribution < 1.29 is 40.7 Å². The maximum absolute atomic E-state index is 15.1. The number of rotatable bonds is 8. The van der Waals surface area contributed by atoms with E-state index in [0.717, 1.165) is 30.2 Å². The molecule has 9 nitrogen and oxygen atoms in total. The third kappa shape index (κ3) is 5.89. The lowest BCUT2D eigenvalue weighted by Gasteiger charge is -2.34. The van der Waals surface area contributed by atoms with E-state index in [-0.39, 0.29) is 28.5 Å². The number of ether oxygens (including phenoxy) is 1. The average Bonchev–Trinajstić information content (AvgIpc) is 3.60. The quantitative estimate of drug-likeness (QED) is 0.409. The topological polar surface area (TPSA) is 132 Å². The Morgan fingerprint density at radius 3 is 2.59 bits per heavy atom. The molecular weight excluding hydrogens is 554 g/mol. The molecule has 2 heterocycles. The Labute approximate surface area is 222 Å². The van der Waals surface area contributed by atoms with Crippen molar-refractivity contribution in [3.05, 3.63) is 47.7 Å². The summed E-state index contributed by atoms with van der Waals surface area (Å²) in [6, 6.07) is 2.24. The molecule has 4 N–H and O–H groups in total. The van der Waals surface area contributed by atoms with Gasteiger partial charge in [-0.15, -0.1) is 0 Å². The lowest BCUT2D eigenvalue weighted by atomic mass is 9.85. The smallest absolute Gasteiger partial charge is 0.422 e. The molecule has 1 unspecified atom stereocenters. The van der Waals surface area contributed by atoms with Gasteiger partial charge >= 0.3 is 6.18 Å². The zero-order valence-electron chi connectivity index (χ0n) is 20.4. The molecule has 2 aromatic rings. The molecule has 16 heteroatoms. The van der Waals surface area contributed by atoms with Gasteiger partial charge < -0.3 is 21.1 Å². The number of carbonyl (C=O) groups is 2. The molecule has 4 atom stereocenters. The maximum Gasteiger partial charge on any atom is 0.422 e. The Hall–Kier alpha value is -3.56. The monoisotopic (exact) mass is 576 g/mol. The molecule has 2 amide bonds. The zero-order chi connectivity index (χ0) is 28.8. The van der Waals surface area contributed by atoms with Crippen molar-refractivity contribution in [1.82, 2.24) is 15.3 Å². The van der Waals surface area contributed by atoms with Crippen LogP contribution in [0.5, 0.6) is 5.88 Å². The van der Waals surface area contributed by atoms with Gasteiger partial charge in [-0.05, 0) is 38.5 Å². The first-order valence-electron chi connectivity index (χ1n) is 11.4. The molecule has 4 rings (SSSR count). The number of benzene rings is 1. The summed E-state index contributed by atoms with van der Waals surface area (Å²) in [6.07, 6.45) is -5.39. The summed E-state index contributed by atoms with van der Waals surface area (Å²) < 4.78 is 81.1. The third-order valence-corrected chi connectivity index (χ3v) is 7.65. The standard InChI is InChI=1S/C23H22F6N6O3S/c1-10(17(25)26)33-19(37)22-6-15(22)21(2,35-20(30)39-22)12-5-11(3-4-13(12)24)34-18(36)14-7-32-16(8-31-14)38-9-23(27,28)29/h3-5,7-8,10,15,17H,6,9H2,1-2H3,(H2,30,35)(H,33,37)(H,34,36)/t10?,15-,21+,22-/m0/s1. The van der Waals surface area contributed by atoms with E-state index in [0.29, 0.717) is 0 Å². The molecule has 1 saturated carbocycles. The minimum atomic E-state index is -4.57. The summed E-state index contributed by atoms with van der Waals surface area (Å²) >= 11 is 0.936. The minimum absolute atomic E-state index is 0.00659. The first kappa shape index (κ1) is 28.4. The van der Waals surface area contributed by atoms with Crippen LogP contribution in [0.2, 0.25) is 0 Å². The predicted octanol–water partition coefficient (Wildman–Crippen LogP) is 3.61. The van der Waals surface area contributed by atoms with E-state index in [2.05, 4.69) is 30.3 Å². The summed E-state index contributed by atoms with van der Waals surface area (Å²) in [4.78, 5) is 37.3. The van der Waals surface area contributed by atoms with Gasteiger partial charge in [0.25, 0.3) is 12.3 Å². The zero-order valence-corrected chi connectivity index (χ0v) is 21.2. The summed E-state index contributed by atoms with van der Waals surface area (Å²) in [5.41, 5.74) is 4.49. The van der Waals surface area contributed by atoms with Crippen molar-refractivity contribution in [1.29, 1.82) is 0 Å². The molecule has 1 aromatic heterocycles. The molecule has 1 aromatic carbocycles. The minimum Gasteiger partial charge on any atom is -0.467 e. The number of nitrogens with one attached hydrogen (secondary N) is 2. The first-order chi connectivity index (χ1) is 18.1. The lowest BCUT2D eigenvalue weighted by molar-refractivity contribution is -0.154. The fourth-order valence-corrected chi connectivity index (χ4v) is 5.69. The number of thioether (sulfide) groups is 1. The van der Waals surface area contributed by atoms with Crippen LogP contribution in [-0.2, 0) is 10.3 Å². The molecule has 1 aliphatic heterocycles. The highest BCUT2D eigenvalue weighted by Gasteiger charge is 2.70. The highest BCUT2D eigenvalue weighted by Crippen LogP contribution is 2.66. The molecule has 0 saturated heterocycles. The fourth-order valence-electron chi connectivity index (χ4n) is 4.31. The SMILES string of the molecule is CC(NC(=O)[C@]12C[C@H]1[C@@](C)(c1cc(NC(=O)c3cnc(OCC(F)(F)F)cn3)ccc1F)N=C(N)S2)C(F)F. The largest absolute Gasteiger partial charge is 0.467 e. The number of anilines is 1. The van der Waals surface area contributed by atoms with Crippen LogP contribution in [0.3, 0.4) is 0 Å². The van der Waals surface area contributed by atoms with E-state index in [9.17, 15) is 31.5 Å². The Kier molecular flexibility index (Phi) is 7.44. The van der Waals surface area contributed by atoms with E-state index in [1.54, 1.807) is 6.92 Å². The molecule has 39 heavy (non-hydrogen) atoms. The second-order valence-corrected chi connectivity index (χ2v) is 10.6. The Bertz CT molecular complexity index is 1310. The van der Waals surface area contributed by atoms with Gasteiger partial charge in [0.15, 0.2) is 11.8 Å². The van der Waals surface area contributed by atoms with E-state index in [1.807, 2.05) is 0 Å². The van der Waals surface area contributed by atoms with Crippen LogP contribution >= 0.6 is 11.8 Å². The van der Waals surface area contributed by atoms with Crippen LogP contribution in [0.15, 0.2) is 35.6 Å². The van der Waals surface area contributed by atoms with Gasteiger partial charge in [0, 0.05) is 17.2 Å². The summed E-state index contributed by atoms with van der Waals surface area (Å²) in [5.74, 6) is -3.17. The number of fused-ring (bicyclic) bond motifs is 1. The normalized spacial score (nSPS) is 24.8. The summed E-state index contributed by atoms with van der Waals surface area (Å²) in [6.45, 7) is 1.15. The van der Waals surface area contributed by atoms with Gasteiger partial charge in [-0.25, -0.2) is 23.1 Å². The Morgan fingerprint density at radius 2 is 1.97 bits per heavy atom. The highest BCUT2D eigenvalue weighted by atomic mass is 32.2.